The Bertz CT molecular complexity index is 558. The van der Waals surface area contributed by atoms with Gasteiger partial charge in [0.15, 0.2) is 9.84 Å². The van der Waals surface area contributed by atoms with E-state index in [9.17, 15) is 8.42 Å². The van der Waals surface area contributed by atoms with Gasteiger partial charge in [-0.15, -0.1) is 0 Å². The Kier molecular flexibility index (Phi) is 8.48. The van der Waals surface area contributed by atoms with Crippen molar-refractivity contribution in [3.05, 3.63) is 71.8 Å². The Morgan fingerprint density at radius 1 is 0.727 bits per heavy atom. The quantitative estimate of drug-likeness (QED) is 0.812. The molecule has 2 aromatic rings. The number of rotatable bonds is 6. The standard InChI is InChI=1S/C14H14O2S.C4H10O/c15-17(16,11-13-7-3-1-4-8-13)12-14-9-5-2-6-10-14;1-3-5-4-2/h1-10H,11-12H2;3-4H2,1-2H3. The van der Waals surface area contributed by atoms with Crippen molar-refractivity contribution in [2.45, 2.75) is 25.4 Å². The van der Waals surface area contributed by atoms with Crippen LogP contribution in [0.4, 0.5) is 0 Å². The molecule has 22 heavy (non-hydrogen) atoms. The molecule has 0 fully saturated rings. The minimum atomic E-state index is -3.09. The second kappa shape index (κ2) is 10.1. The van der Waals surface area contributed by atoms with E-state index in [0.29, 0.717) is 0 Å². The Morgan fingerprint density at radius 3 is 1.36 bits per heavy atom. The molecule has 2 aromatic carbocycles. The summed E-state index contributed by atoms with van der Waals surface area (Å²) in [6.45, 7) is 5.67. The molecule has 0 aliphatic carbocycles. The molecule has 4 heteroatoms. The number of sulfone groups is 1. The lowest BCUT2D eigenvalue weighted by atomic mass is 10.2. The van der Waals surface area contributed by atoms with Gasteiger partial charge in [-0.25, -0.2) is 8.42 Å². The normalized spacial score (nSPS) is 10.6. The summed E-state index contributed by atoms with van der Waals surface area (Å²) in [5.41, 5.74) is 1.67. The molecule has 2 rings (SSSR count). The molecule has 0 spiro atoms. The molecule has 0 N–H and O–H groups in total. The number of hydrogen-bond acceptors (Lipinski definition) is 3. The van der Waals surface area contributed by atoms with Crippen LogP contribution >= 0.6 is 0 Å². The third-order valence-corrected chi connectivity index (χ3v) is 4.41. The smallest absolute Gasteiger partial charge is 0.158 e. The third-order valence-electron chi connectivity index (χ3n) is 2.87. The Hall–Kier alpha value is -1.65. The van der Waals surface area contributed by atoms with Gasteiger partial charge in [0.05, 0.1) is 11.5 Å². The largest absolute Gasteiger partial charge is 0.382 e. The van der Waals surface area contributed by atoms with Crippen molar-refractivity contribution >= 4 is 9.84 Å². The summed E-state index contributed by atoms with van der Waals surface area (Å²) in [6.07, 6.45) is 0. The van der Waals surface area contributed by atoms with E-state index in [1.807, 2.05) is 74.5 Å². The van der Waals surface area contributed by atoms with Crippen LogP contribution in [-0.4, -0.2) is 21.6 Å². The molecule has 120 valence electrons. The minimum absolute atomic E-state index is 0.0999. The van der Waals surface area contributed by atoms with Gasteiger partial charge in [0.2, 0.25) is 0 Å². The maximum atomic E-state index is 12.0. The lowest BCUT2D eigenvalue weighted by Gasteiger charge is -2.04. The van der Waals surface area contributed by atoms with Crippen LogP contribution in [0.1, 0.15) is 25.0 Å². The van der Waals surface area contributed by atoms with Crippen LogP contribution in [0.15, 0.2) is 60.7 Å². The summed E-state index contributed by atoms with van der Waals surface area (Å²) < 4.78 is 28.8. The van der Waals surface area contributed by atoms with Gasteiger partial charge in [0, 0.05) is 13.2 Å². The molecule has 0 saturated carbocycles. The predicted molar refractivity (Wildman–Crippen MR) is 91.4 cm³/mol. The van der Waals surface area contributed by atoms with Crippen LogP contribution in [0, 0.1) is 0 Å². The molecule has 0 heterocycles. The monoisotopic (exact) mass is 320 g/mol. The zero-order valence-electron chi connectivity index (χ0n) is 13.2. The highest BCUT2D eigenvalue weighted by molar-refractivity contribution is 7.89. The maximum Gasteiger partial charge on any atom is 0.158 e. The summed E-state index contributed by atoms with van der Waals surface area (Å²) in [4.78, 5) is 0. The van der Waals surface area contributed by atoms with Crippen molar-refractivity contribution in [1.82, 2.24) is 0 Å². The molecular formula is C18H24O3S. The van der Waals surface area contributed by atoms with Gasteiger partial charge in [-0.1, -0.05) is 60.7 Å². The van der Waals surface area contributed by atoms with E-state index in [4.69, 9.17) is 4.74 Å². The van der Waals surface area contributed by atoms with E-state index in [2.05, 4.69) is 0 Å². The van der Waals surface area contributed by atoms with Gasteiger partial charge >= 0.3 is 0 Å². The summed E-state index contributed by atoms with van der Waals surface area (Å²) in [5.74, 6) is 0.200. The first kappa shape index (κ1) is 18.4. The van der Waals surface area contributed by atoms with E-state index in [1.54, 1.807) is 0 Å². The minimum Gasteiger partial charge on any atom is -0.382 e. The van der Waals surface area contributed by atoms with Crippen molar-refractivity contribution in [1.29, 1.82) is 0 Å². The fourth-order valence-corrected chi connectivity index (χ4v) is 3.41. The predicted octanol–water partition coefficient (Wildman–Crippen LogP) is 3.84. The molecule has 0 atom stereocenters. The van der Waals surface area contributed by atoms with Crippen LogP contribution in [0.3, 0.4) is 0 Å². The zero-order chi connectivity index (χ0) is 16.3. The molecule has 0 saturated heterocycles. The second-order valence-corrected chi connectivity index (χ2v) is 6.85. The Morgan fingerprint density at radius 2 is 1.09 bits per heavy atom. The molecular weight excluding hydrogens is 296 g/mol. The molecule has 0 aliphatic heterocycles. The van der Waals surface area contributed by atoms with Crippen molar-refractivity contribution in [3.8, 4) is 0 Å². The molecule has 0 unspecified atom stereocenters. The molecule has 3 nitrogen and oxygen atoms in total. The first-order valence-corrected chi connectivity index (χ1v) is 9.25. The summed E-state index contributed by atoms with van der Waals surface area (Å²) in [6, 6.07) is 18.5. The number of ether oxygens (including phenoxy) is 1. The van der Waals surface area contributed by atoms with Gasteiger partial charge in [0.1, 0.15) is 0 Å². The van der Waals surface area contributed by atoms with Crippen LogP contribution < -0.4 is 0 Å². The SMILES string of the molecule is CCOCC.O=S(=O)(Cc1ccccc1)Cc1ccccc1. The molecule has 0 amide bonds. The van der Waals surface area contributed by atoms with Crippen LogP contribution in [0.5, 0.6) is 0 Å². The molecule has 0 radical (unpaired) electrons. The van der Waals surface area contributed by atoms with Crippen LogP contribution in [0.2, 0.25) is 0 Å². The first-order valence-electron chi connectivity index (χ1n) is 7.43. The topological polar surface area (TPSA) is 43.4 Å². The summed E-state index contributed by atoms with van der Waals surface area (Å²) >= 11 is 0. The highest BCUT2D eigenvalue weighted by Crippen LogP contribution is 2.11. The lowest BCUT2D eigenvalue weighted by Crippen LogP contribution is -2.07. The molecule has 0 aromatic heterocycles. The average molecular weight is 320 g/mol. The molecule has 0 aliphatic rings. The van der Waals surface area contributed by atoms with Gasteiger partial charge in [-0.05, 0) is 25.0 Å². The fraction of sp³-hybridized carbons (Fsp3) is 0.333. The van der Waals surface area contributed by atoms with Gasteiger partial charge in [-0.2, -0.15) is 0 Å². The number of hydrogen-bond donors (Lipinski definition) is 0. The summed E-state index contributed by atoms with van der Waals surface area (Å²) in [7, 11) is -3.09. The van der Waals surface area contributed by atoms with Crippen LogP contribution in [0.25, 0.3) is 0 Å². The van der Waals surface area contributed by atoms with E-state index in [0.717, 1.165) is 24.3 Å². The van der Waals surface area contributed by atoms with Gasteiger partial charge < -0.3 is 4.74 Å². The third kappa shape index (κ3) is 7.96. The van der Waals surface area contributed by atoms with Crippen molar-refractivity contribution in [2.75, 3.05) is 13.2 Å². The highest BCUT2D eigenvalue weighted by atomic mass is 32.2. The van der Waals surface area contributed by atoms with Gasteiger partial charge in [-0.3, -0.25) is 0 Å². The van der Waals surface area contributed by atoms with Crippen LogP contribution in [-0.2, 0) is 26.1 Å². The Balaban J connectivity index is 0.000000422. The lowest BCUT2D eigenvalue weighted by molar-refractivity contribution is 0.162. The van der Waals surface area contributed by atoms with E-state index < -0.39 is 9.84 Å². The summed E-state index contributed by atoms with van der Waals surface area (Å²) in [5, 5.41) is 0. The molecule has 0 bridgehead atoms. The Labute approximate surface area is 133 Å². The zero-order valence-corrected chi connectivity index (χ0v) is 14.1. The number of benzene rings is 2. The van der Waals surface area contributed by atoms with Crippen molar-refractivity contribution in [2.24, 2.45) is 0 Å². The van der Waals surface area contributed by atoms with E-state index >= 15 is 0 Å². The maximum absolute atomic E-state index is 12.0. The van der Waals surface area contributed by atoms with Gasteiger partial charge in [0.25, 0.3) is 0 Å². The van der Waals surface area contributed by atoms with Crippen molar-refractivity contribution < 1.29 is 13.2 Å². The van der Waals surface area contributed by atoms with E-state index in [-0.39, 0.29) is 11.5 Å². The fourth-order valence-electron chi connectivity index (χ4n) is 1.91. The highest BCUT2D eigenvalue weighted by Gasteiger charge is 2.12. The van der Waals surface area contributed by atoms with E-state index in [1.165, 1.54) is 0 Å². The first-order chi connectivity index (χ1) is 10.6. The average Bonchev–Trinajstić information content (AvgIpc) is 2.50. The van der Waals surface area contributed by atoms with Crippen molar-refractivity contribution in [3.63, 3.8) is 0 Å². The second-order valence-electron chi connectivity index (χ2n) is 4.78.